The standard InChI is InChI=1S/C23H27FN2O3S/c24-19-8-10-21(11-9-19)30(28,29)25-20-12-16-26(17-13-20)22(27)23(14-4-5-15-23)18-6-2-1-3-7-18/h1-3,6-11,20,25H,4-5,12-17H2. The Bertz CT molecular complexity index is 979. The predicted molar refractivity (Wildman–Crippen MR) is 113 cm³/mol. The number of nitrogens with zero attached hydrogens (tertiary/aromatic N) is 1. The number of benzene rings is 2. The molecule has 160 valence electrons. The van der Waals surface area contributed by atoms with Crippen LogP contribution >= 0.6 is 0 Å². The molecule has 7 heteroatoms. The lowest BCUT2D eigenvalue weighted by Gasteiger charge is -2.39. The SMILES string of the molecule is O=C(N1CCC(NS(=O)(=O)c2ccc(F)cc2)CC1)C1(c2ccccc2)CCCC1. The molecule has 0 radical (unpaired) electrons. The molecular formula is C23H27FN2O3S. The summed E-state index contributed by atoms with van der Waals surface area (Å²) in [6, 6.07) is 14.6. The molecule has 2 aliphatic rings. The maximum Gasteiger partial charge on any atom is 0.240 e. The number of sulfonamides is 1. The highest BCUT2D eigenvalue weighted by Crippen LogP contribution is 2.43. The zero-order valence-electron chi connectivity index (χ0n) is 16.9. The van der Waals surface area contributed by atoms with Crippen LogP contribution in [0.25, 0.3) is 0 Å². The zero-order valence-corrected chi connectivity index (χ0v) is 17.7. The first-order valence-corrected chi connectivity index (χ1v) is 12.0. The molecule has 0 spiro atoms. The van der Waals surface area contributed by atoms with Gasteiger partial charge in [-0.3, -0.25) is 4.79 Å². The third-order valence-corrected chi connectivity index (χ3v) is 7.96. The lowest BCUT2D eigenvalue weighted by molar-refractivity contribution is -0.138. The summed E-state index contributed by atoms with van der Waals surface area (Å²) in [7, 11) is -3.71. The maximum atomic E-state index is 13.5. The molecule has 1 aliphatic heterocycles. The Morgan fingerprint density at radius 1 is 0.967 bits per heavy atom. The summed E-state index contributed by atoms with van der Waals surface area (Å²) in [6.45, 7) is 1.06. The first kappa shape index (κ1) is 21.0. The Kier molecular flexibility index (Phi) is 5.93. The van der Waals surface area contributed by atoms with Crippen molar-refractivity contribution in [3.63, 3.8) is 0 Å². The molecule has 2 aromatic carbocycles. The van der Waals surface area contributed by atoms with E-state index in [1.165, 1.54) is 12.1 Å². The molecule has 2 aromatic rings. The molecule has 1 amide bonds. The van der Waals surface area contributed by atoms with Crippen molar-refractivity contribution in [3.05, 3.63) is 66.0 Å². The van der Waals surface area contributed by atoms with E-state index >= 15 is 0 Å². The number of rotatable bonds is 5. The van der Waals surface area contributed by atoms with Gasteiger partial charge in [-0.05, 0) is 55.5 Å². The van der Waals surface area contributed by atoms with Gasteiger partial charge < -0.3 is 4.90 Å². The monoisotopic (exact) mass is 430 g/mol. The average molecular weight is 431 g/mol. The largest absolute Gasteiger partial charge is 0.342 e. The molecular weight excluding hydrogens is 403 g/mol. The van der Waals surface area contributed by atoms with Crippen LogP contribution in [-0.2, 0) is 20.2 Å². The molecule has 1 N–H and O–H groups in total. The van der Waals surface area contributed by atoms with Crippen LogP contribution in [0.1, 0.15) is 44.1 Å². The van der Waals surface area contributed by atoms with Gasteiger partial charge >= 0.3 is 0 Å². The number of carbonyl (C=O) groups excluding carboxylic acids is 1. The summed E-state index contributed by atoms with van der Waals surface area (Å²) >= 11 is 0. The van der Waals surface area contributed by atoms with Crippen LogP contribution in [0.15, 0.2) is 59.5 Å². The maximum absolute atomic E-state index is 13.5. The Balaban J connectivity index is 1.41. The van der Waals surface area contributed by atoms with E-state index in [1.54, 1.807) is 0 Å². The van der Waals surface area contributed by atoms with E-state index < -0.39 is 21.3 Å². The van der Waals surface area contributed by atoms with Crippen molar-refractivity contribution in [3.8, 4) is 0 Å². The van der Waals surface area contributed by atoms with Gasteiger partial charge in [-0.2, -0.15) is 0 Å². The van der Waals surface area contributed by atoms with E-state index in [0.717, 1.165) is 43.4 Å². The molecule has 1 aliphatic carbocycles. The molecule has 5 nitrogen and oxygen atoms in total. The first-order valence-electron chi connectivity index (χ1n) is 10.5. The lowest BCUT2D eigenvalue weighted by Crippen LogP contribution is -2.51. The molecule has 0 bridgehead atoms. The van der Waals surface area contributed by atoms with Gasteiger partial charge in [0.25, 0.3) is 0 Å². The van der Waals surface area contributed by atoms with Crippen molar-refractivity contribution in [1.29, 1.82) is 0 Å². The van der Waals surface area contributed by atoms with Crippen molar-refractivity contribution in [2.75, 3.05) is 13.1 Å². The molecule has 0 unspecified atom stereocenters. The Morgan fingerprint density at radius 2 is 1.57 bits per heavy atom. The van der Waals surface area contributed by atoms with Gasteiger partial charge in [0.05, 0.1) is 10.3 Å². The normalized spacial score (nSPS) is 19.7. The fourth-order valence-corrected chi connectivity index (χ4v) is 6.07. The third-order valence-electron chi connectivity index (χ3n) is 6.42. The molecule has 4 rings (SSSR count). The Hall–Kier alpha value is -2.25. The van der Waals surface area contributed by atoms with Gasteiger partial charge in [0, 0.05) is 19.1 Å². The second-order valence-electron chi connectivity index (χ2n) is 8.30. The fourth-order valence-electron chi connectivity index (χ4n) is 4.77. The van der Waals surface area contributed by atoms with Crippen LogP contribution in [0, 0.1) is 5.82 Å². The van der Waals surface area contributed by atoms with Gasteiger partial charge in [-0.25, -0.2) is 17.5 Å². The van der Waals surface area contributed by atoms with Crippen molar-refractivity contribution >= 4 is 15.9 Å². The van der Waals surface area contributed by atoms with Crippen molar-refractivity contribution in [2.45, 2.75) is 54.9 Å². The molecule has 2 fully saturated rings. The van der Waals surface area contributed by atoms with Crippen LogP contribution in [0.3, 0.4) is 0 Å². The summed E-state index contributed by atoms with van der Waals surface area (Å²) in [5.41, 5.74) is 0.647. The van der Waals surface area contributed by atoms with E-state index in [-0.39, 0.29) is 16.8 Å². The highest BCUT2D eigenvalue weighted by Gasteiger charge is 2.45. The number of hydrogen-bond donors (Lipinski definition) is 1. The minimum atomic E-state index is -3.71. The van der Waals surface area contributed by atoms with Crippen LogP contribution in [0.2, 0.25) is 0 Å². The minimum Gasteiger partial charge on any atom is -0.342 e. The van der Waals surface area contributed by atoms with Crippen LogP contribution in [-0.4, -0.2) is 38.4 Å². The number of hydrogen-bond acceptors (Lipinski definition) is 3. The quantitative estimate of drug-likeness (QED) is 0.788. The topological polar surface area (TPSA) is 66.5 Å². The Labute approximate surface area is 177 Å². The van der Waals surface area contributed by atoms with E-state index in [4.69, 9.17) is 0 Å². The number of piperidine rings is 1. The minimum absolute atomic E-state index is 0.0522. The van der Waals surface area contributed by atoms with E-state index in [1.807, 2.05) is 35.2 Å². The summed E-state index contributed by atoms with van der Waals surface area (Å²) in [4.78, 5) is 15.5. The summed E-state index contributed by atoms with van der Waals surface area (Å²) in [6.07, 6.45) is 4.97. The van der Waals surface area contributed by atoms with Gasteiger partial charge in [0.1, 0.15) is 5.82 Å². The summed E-state index contributed by atoms with van der Waals surface area (Å²) < 4.78 is 40.9. The number of halogens is 1. The molecule has 0 atom stereocenters. The zero-order chi connectivity index (χ0) is 21.2. The van der Waals surface area contributed by atoms with Crippen LogP contribution in [0.4, 0.5) is 4.39 Å². The summed E-state index contributed by atoms with van der Waals surface area (Å²) in [5.74, 6) is -0.300. The van der Waals surface area contributed by atoms with Crippen LogP contribution in [0.5, 0.6) is 0 Å². The van der Waals surface area contributed by atoms with Crippen LogP contribution < -0.4 is 4.72 Å². The molecule has 1 saturated heterocycles. The van der Waals surface area contributed by atoms with E-state index in [0.29, 0.717) is 25.9 Å². The highest BCUT2D eigenvalue weighted by molar-refractivity contribution is 7.89. The molecule has 1 saturated carbocycles. The third kappa shape index (κ3) is 4.14. The number of likely N-dealkylation sites (tertiary alicyclic amines) is 1. The van der Waals surface area contributed by atoms with Crippen molar-refractivity contribution < 1.29 is 17.6 Å². The van der Waals surface area contributed by atoms with E-state index in [2.05, 4.69) is 4.72 Å². The molecule has 0 aromatic heterocycles. The number of nitrogens with one attached hydrogen (secondary N) is 1. The first-order chi connectivity index (χ1) is 14.4. The average Bonchev–Trinajstić information content (AvgIpc) is 3.26. The highest BCUT2D eigenvalue weighted by atomic mass is 32.2. The smallest absolute Gasteiger partial charge is 0.240 e. The van der Waals surface area contributed by atoms with Gasteiger partial charge in [-0.1, -0.05) is 43.2 Å². The lowest BCUT2D eigenvalue weighted by atomic mass is 9.77. The van der Waals surface area contributed by atoms with Gasteiger partial charge in [0.2, 0.25) is 15.9 Å². The molecule has 1 heterocycles. The molecule has 30 heavy (non-hydrogen) atoms. The van der Waals surface area contributed by atoms with Gasteiger partial charge in [-0.15, -0.1) is 0 Å². The van der Waals surface area contributed by atoms with E-state index in [9.17, 15) is 17.6 Å². The van der Waals surface area contributed by atoms with Crippen molar-refractivity contribution in [1.82, 2.24) is 9.62 Å². The number of carbonyl (C=O) groups is 1. The Morgan fingerprint density at radius 3 is 2.17 bits per heavy atom. The number of amides is 1. The second kappa shape index (κ2) is 8.47. The summed E-state index contributed by atoms with van der Waals surface area (Å²) in [5, 5.41) is 0. The van der Waals surface area contributed by atoms with Crippen molar-refractivity contribution in [2.24, 2.45) is 0 Å². The predicted octanol–water partition coefficient (Wildman–Crippen LogP) is 3.61. The fraction of sp³-hybridized carbons (Fsp3) is 0.435. The second-order valence-corrected chi connectivity index (χ2v) is 10.0. The van der Waals surface area contributed by atoms with Gasteiger partial charge in [0.15, 0.2) is 0 Å².